The third kappa shape index (κ3) is 5.57. The van der Waals surface area contributed by atoms with Crippen LogP contribution in [0.15, 0.2) is 6.20 Å². The van der Waals surface area contributed by atoms with Crippen LogP contribution < -0.4 is 5.32 Å². The largest absolute Gasteiger partial charge is 0.379 e. The SMILES string of the molecule is CNCc1cn(CCOCCC(C)(C)OC)nn1. The van der Waals surface area contributed by atoms with E-state index in [9.17, 15) is 0 Å². The maximum atomic E-state index is 5.56. The van der Waals surface area contributed by atoms with Crippen molar-refractivity contribution in [3.8, 4) is 0 Å². The standard InChI is InChI=1S/C12H24N4O2/c1-12(2,17-4)5-7-18-8-6-16-10-11(9-13-3)14-15-16/h10,13H,5-9H2,1-4H3. The molecule has 18 heavy (non-hydrogen) atoms. The molecule has 1 N–H and O–H groups in total. The van der Waals surface area contributed by atoms with Crippen LogP contribution >= 0.6 is 0 Å². The molecule has 6 nitrogen and oxygen atoms in total. The third-order valence-electron chi connectivity index (χ3n) is 2.81. The van der Waals surface area contributed by atoms with Crippen LogP contribution in [0.2, 0.25) is 0 Å². The fourth-order valence-electron chi connectivity index (χ4n) is 1.39. The quantitative estimate of drug-likeness (QED) is 0.663. The molecule has 0 spiro atoms. The first-order valence-corrected chi connectivity index (χ1v) is 6.24. The highest BCUT2D eigenvalue weighted by Gasteiger charge is 2.15. The van der Waals surface area contributed by atoms with Gasteiger partial charge in [-0.25, -0.2) is 4.68 Å². The first-order chi connectivity index (χ1) is 8.57. The van der Waals surface area contributed by atoms with Gasteiger partial charge in [0, 0.05) is 26.5 Å². The third-order valence-corrected chi connectivity index (χ3v) is 2.81. The lowest BCUT2D eigenvalue weighted by atomic mass is 10.1. The van der Waals surface area contributed by atoms with Crippen LogP contribution in [-0.4, -0.2) is 48.0 Å². The summed E-state index contributed by atoms with van der Waals surface area (Å²) in [6.45, 7) is 6.91. The molecule has 0 aliphatic heterocycles. The van der Waals surface area contributed by atoms with Crippen LogP contribution in [-0.2, 0) is 22.6 Å². The topological polar surface area (TPSA) is 61.2 Å². The van der Waals surface area contributed by atoms with Crippen LogP contribution in [0.5, 0.6) is 0 Å². The number of methoxy groups -OCH3 is 1. The Balaban J connectivity index is 2.14. The average Bonchev–Trinajstić information content (AvgIpc) is 2.77. The molecule has 1 aromatic heterocycles. The fourth-order valence-corrected chi connectivity index (χ4v) is 1.39. The van der Waals surface area contributed by atoms with Crippen molar-refractivity contribution in [3.05, 3.63) is 11.9 Å². The molecule has 0 aromatic carbocycles. The van der Waals surface area contributed by atoms with Gasteiger partial charge in [0.15, 0.2) is 0 Å². The van der Waals surface area contributed by atoms with E-state index < -0.39 is 0 Å². The van der Waals surface area contributed by atoms with Crippen molar-refractivity contribution in [2.45, 2.75) is 39.0 Å². The molecule has 0 atom stereocenters. The van der Waals surface area contributed by atoms with Crippen LogP contribution in [0.25, 0.3) is 0 Å². The lowest BCUT2D eigenvalue weighted by Crippen LogP contribution is -2.24. The summed E-state index contributed by atoms with van der Waals surface area (Å²) in [5.41, 5.74) is 0.825. The van der Waals surface area contributed by atoms with Crippen molar-refractivity contribution < 1.29 is 9.47 Å². The van der Waals surface area contributed by atoms with E-state index in [1.54, 1.807) is 11.8 Å². The minimum atomic E-state index is -0.118. The van der Waals surface area contributed by atoms with Crippen molar-refractivity contribution in [2.75, 3.05) is 27.4 Å². The molecule has 0 amide bonds. The first kappa shape index (κ1) is 15.1. The molecule has 1 rings (SSSR count). The Hall–Kier alpha value is -0.980. The molecule has 6 heteroatoms. The van der Waals surface area contributed by atoms with Crippen molar-refractivity contribution in [1.29, 1.82) is 0 Å². The summed E-state index contributed by atoms with van der Waals surface area (Å²) >= 11 is 0. The molecule has 0 aliphatic rings. The number of hydrogen-bond donors (Lipinski definition) is 1. The number of aromatic nitrogens is 3. The average molecular weight is 256 g/mol. The van der Waals surface area contributed by atoms with Gasteiger partial charge in [-0.2, -0.15) is 0 Å². The number of hydrogen-bond acceptors (Lipinski definition) is 5. The first-order valence-electron chi connectivity index (χ1n) is 6.24. The normalized spacial score (nSPS) is 12.0. The van der Waals surface area contributed by atoms with Gasteiger partial charge in [0.25, 0.3) is 0 Å². The van der Waals surface area contributed by atoms with Crippen molar-refractivity contribution in [1.82, 2.24) is 20.3 Å². The minimum absolute atomic E-state index is 0.118. The van der Waals surface area contributed by atoms with Crippen molar-refractivity contribution in [2.24, 2.45) is 0 Å². The van der Waals surface area contributed by atoms with Crippen molar-refractivity contribution in [3.63, 3.8) is 0 Å². The lowest BCUT2D eigenvalue weighted by molar-refractivity contribution is -0.0108. The molecule has 0 bridgehead atoms. The summed E-state index contributed by atoms with van der Waals surface area (Å²) < 4.78 is 12.7. The Morgan fingerprint density at radius 2 is 2.17 bits per heavy atom. The highest BCUT2D eigenvalue weighted by atomic mass is 16.5. The minimum Gasteiger partial charge on any atom is -0.379 e. The van der Waals surface area contributed by atoms with Gasteiger partial charge in [0.2, 0.25) is 0 Å². The number of nitrogens with zero attached hydrogens (tertiary/aromatic N) is 3. The monoisotopic (exact) mass is 256 g/mol. The number of nitrogens with one attached hydrogen (secondary N) is 1. The summed E-state index contributed by atoms with van der Waals surface area (Å²) in [5.74, 6) is 0. The van der Waals surface area contributed by atoms with E-state index in [2.05, 4.69) is 29.5 Å². The molecular weight excluding hydrogens is 232 g/mol. The molecule has 1 heterocycles. The molecular formula is C12H24N4O2. The van der Waals surface area contributed by atoms with E-state index in [1.165, 1.54) is 0 Å². The van der Waals surface area contributed by atoms with Gasteiger partial charge in [0.05, 0.1) is 24.4 Å². The van der Waals surface area contributed by atoms with E-state index in [1.807, 2.05) is 13.2 Å². The maximum absolute atomic E-state index is 5.56. The van der Waals surface area contributed by atoms with Crippen LogP contribution in [0.4, 0.5) is 0 Å². The Morgan fingerprint density at radius 1 is 1.39 bits per heavy atom. The highest BCUT2D eigenvalue weighted by molar-refractivity contribution is 4.90. The van der Waals surface area contributed by atoms with E-state index in [0.717, 1.165) is 25.2 Å². The van der Waals surface area contributed by atoms with Gasteiger partial charge in [-0.15, -0.1) is 5.10 Å². The van der Waals surface area contributed by atoms with Gasteiger partial charge >= 0.3 is 0 Å². The second-order valence-corrected chi connectivity index (χ2v) is 4.83. The molecule has 0 saturated heterocycles. The second-order valence-electron chi connectivity index (χ2n) is 4.83. The van der Waals surface area contributed by atoms with E-state index >= 15 is 0 Å². The predicted molar refractivity (Wildman–Crippen MR) is 69.3 cm³/mol. The van der Waals surface area contributed by atoms with Gasteiger partial charge < -0.3 is 14.8 Å². The summed E-state index contributed by atoms with van der Waals surface area (Å²) in [6, 6.07) is 0. The number of rotatable bonds is 9. The molecule has 1 aromatic rings. The van der Waals surface area contributed by atoms with Gasteiger partial charge in [0.1, 0.15) is 0 Å². The molecule has 0 radical (unpaired) electrons. The highest BCUT2D eigenvalue weighted by Crippen LogP contribution is 2.12. The zero-order valence-electron chi connectivity index (χ0n) is 11.8. The molecule has 0 saturated carbocycles. The van der Waals surface area contributed by atoms with Gasteiger partial charge in [-0.05, 0) is 27.3 Å². The van der Waals surface area contributed by atoms with Crippen LogP contribution in [0, 0.1) is 0 Å². The Kier molecular flexibility index (Phi) is 6.24. The Bertz CT molecular complexity index is 339. The number of ether oxygens (including phenoxy) is 2. The van der Waals surface area contributed by atoms with Gasteiger partial charge in [-0.3, -0.25) is 0 Å². The second kappa shape index (κ2) is 7.45. The van der Waals surface area contributed by atoms with Crippen LogP contribution in [0.3, 0.4) is 0 Å². The molecule has 104 valence electrons. The fraction of sp³-hybridized carbons (Fsp3) is 0.833. The van der Waals surface area contributed by atoms with E-state index in [0.29, 0.717) is 13.2 Å². The zero-order chi connectivity index (χ0) is 13.4. The summed E-state index contributed by atoms with van der Waals surface area (Å²) in [4.78, 5) is 0. The summed E-state index contributed by atoms with van der Waals surface area (Å²) in [6.07, 6.45) is 2.81. The molecule has 0 aliphatic carbocycles. The van der Waals surface area contributed by atoms with Gasteiger partial charge in [-0.1, -0.05) is 5.21 Å². The molecule has 0 fully saturated rings. The Morgan fingerprint density at radius 3 is 2.83 bits per heavy atom. The summed E-state index contributed by atoms with van der Waals surface area (Å²) in [5, 5.41) is 11.1. The smallest absolute Gasteiger partial charge is 0.0964 e. The van der Waals surface area contributed by atoms with Crippen molar-refractivity contribution >= 4 is 0 Å². The molecule has 0 unspecified atom stereocenters. The van der Waals surface area contributed by atoms with E-state index in [-0.39, 0.29) is 5.60 Å². The maximum Gasteiger partial charge on any atom is 0.0964 e. The summed E-state index contributed by atoms with van der Waals surface area (Å²) in [7, 11) is 3.61. The zero-order valence-corrected chi connectivity index (χ0v) is 11.8. The predicted octanol–water partition coefficient (Wildman–Crippen LogP) is 0.829. The Labute approximate surface area is 109 Å². The van der Waals surface area contributed by atoms with E-state index in [4.69, 9.17) is 9.47 Å². The lowest BCUT2D eigenvalue weighted by Gasteiger charge is -2.22. The van der Waals surface area contributed by atoms with Crippen LogP contribution in [0.1, 0.15) is 26.0 Å².